The second kappa shape index (κ2) is 9.57. The van der Waals surface area contributed by atoms with E-state index in [0.29, 0.717) is 31.4 Å². The highest BCUT2D eigenvalue weighted by molar-refractivity contribution is 5.49. The van der Waals surface area contributed by atoms with Crippen molar-refractivity contribution in [2.45, 2.75) is 64.2 Å². The predicted molar refractivity (Wildman–Crippen MR) is 93.2 cm³/mol. The number of benzene rings is 1. The summed E-state index contributed by atoms with van der Waals surface area (Å²) in [5.74, 6) is 6.80. The van der Waals surface area contributed by atoms with Gasteiger partial charge in [-0.3, -0.25) is 0 Å². The van der Waals surface area contributed by atoms with Gasteiger partial charge in [-0.15, -0.1) is 0 Å². The molecule has 0 aliphatic carbocycles. The SMILES string of the molecule is CCCC(O)(C#Cc1cc(CCC(N)O)ccc1OC)CCC. The molecule has 0 radical (unpaired) electrons. The van der Waals surface area contributed by atoms with Crippen molar-refractivity contribution < 1.29 is 14.9 Å². The molecule has 0 saturated carbocycles. The lowest BCUT2D eigenvalue weighted by molar-refractivity contribution is 0.0807. The van der Waals surface area contributed by atoms with Crippen molar-refractivity contribution in [3.05, 3.63) is 29.3 Å². The fraction of sp³-hybridized carbons (Fsp3) is 0.579. The summed E-state index contributed by atoms with van der Waals surface area (Å²) in [5, 5.41) is 19.8. The van der Waals surface area contributed by atoms with Crippen LogP contribution in [0.3, 0.4) is 0 Å². The zero-order chi connectivity index (χ0) is 17.3. The molecule has 1 aromatic rings. The molecule has 1 rings (SSSR count). The molecular weight excluding hydrogens is 290 g/mol. The maximum absolute atomic E-state index is 10.6. The highest BCUT2D eigenvalue weighted by atomic mass is 16.5. The van der Waals surface area contributed by atoms with Crippen LogP contribution >= 0.6 is 0 Å². The quantitative estimate of drug-likeness (QED) is 0.508. The summed E-state index contributed by atoms with van der Waals surface area (Å²) in [6.45, 7) is 4.09. The first-order valence-corrected chi connectivity index (χ1v) is 8.30. The van der Waals surface area contributed by atoms with Crippen LogP contribution in [-0.4, -0.2) is 29.2 Å². The number of methoxy groups -OCH3 is 1. The second-order valence-corrected chi connectivity index (χ2v) is 5.92. The van der Waals surface area contributed by atoms with Crippen LogP contribution in [0.15, 0.2) is 18.2 Å². The Kier molecular flexibility index (Phi) is 8.11. The monoisotopic (exact) mass is 319 g/mol. The molecule has 0 spiro atoms. The van der Waals surface area contributed by atoms with E-state index in [1.54, 1.807) is 7.11 Å². The molecular formula is C19H29NO3. The Morgan fingerprint density at radius 2 is 1.91 bits per heavy atom. The first-order chi connectivity index (χ1) is 10.9. The summed E-state index contributed by atoms with van der Waals surface area (Å²) in [7, 11) is 1.61. The third-order valence-electron chi connectivity index (χ3n) is 3.75. The molecule has 23 heavy (non-hydrogen) atoms. The molecule has 1 unspecified atom stereocenters. The molecule has 0 amide bonds. The summed E-state index contributed by atoms with van der Waals surface area (Å²) in [6.07, 6.45) is 3.45. The lowest BCUT2D eigenvalue weighted by atomic mass is 9.93. The number of aliphatic hydroxyl groups excluding tert-OH is 1. The van der Waals surface area contributed by atoms with Gasteiger partial charge in [0.2, 0.25) is 0 Å². The summed E-state index contributed by atoms with van der Waals surface area (Å²) >= 11 is 0. The maximum Gasteiger partial charge on any atom is 0.134 e. The normalized spacial score (nSPS) is 12.4. The van der Waals surface area contributed by atoms with Crippen LogP contribution in [0.4, 0.5) is 0 Å². The molecule has 0 heterocycles. The predicted octanol–water partition coefficient (Wildman–Crippen LogP) is 2.59. The molecule has 0 fully saturated rings. The molecule has 4 N–H and O–H groups in total. The van der Waals surface area contributed by atoms with Gasteiger partial charge in [-0.25, -0.2) is 0 Å². The lowest BCUT2D eigenvalue weighted by Gasteiger charge is -2.20. The van der Waals surface area contributed by atoms with Crippen molar-refractivity contribution in [3.63, 3.8) is 0 Å². The maximum atomic E-state index is 10.6. The second-order valence-electron chi connectivity index (χ2n) is 5.92. The molecule has 4 heteroatoms. The number of aryl methyl sites for hydroxylation is 1. The molecule has 0 aliphatic rings. The first kappa shape index (κ1) is 19.5. The summed E-state index contributed by atoms with van der Waals surface area (Å²) in [4.78, 5) is 0. The number of hydrogen-bond donors (Lipinski definition) is 3. The van der Waals surface area contributed by atoms with Gasteiger partial charge in [0.1, 0.15) is 17.6 Å². The molecule has 0 aliphatic heterocycles. The number of hydrogen-bond acceptors (Lipinski definition) is 4. The number of ether oxygens (including phenoxy) is 1. The first-order valence-electron chi connectivity index (χ1n) is 8.30. The van der Waals surface area contributed by atoms with E-state index < -0.39 is 11.8 Å². The van der Waals surface area contributed by atoms with Gasteiger partial charge in [0, 0.05) is 0 Å². The van der Waals surface area contributed by atoms with Crippen molar-refractivity contribution in [1.29, 1.82) is 0 Å². The van der Waals surface area contributed by atoms with Crippen molar-refractivity contribution in [3.8, 4) is 17.6 Å². The summed E-state index contributed by atoms with van der Waals surface area (Å²) in [6, 6.07) is 5.74. The van der Waals surface area contributed by atoms with Gasteiger partial charge in [-0.05, 0) is 43.4 Å². The summed E-state index contributed by atoms with van der Waals surface area (Å²) in [5.41, 5.74) is 6.23. The van der Waals surface area contributed by atoms with Crippen molar-refractivity contribution in [2.75, 3.05) is 7.11 Å². The van der Waals surface area contributed by atoms with Gasteiger partial charge in [0.05, 0.1) is 12.7 Å². The van der Waals surface area contributed by atoms with Crippen LogP contribution in [-0.2, 0) is 6.42 Å². The highest BCUT2D eigenvalue weighted by Crippen LogP contribution is 2.22. The van der Waals surface area contributed by atoms with Crippen LogP contribution < -0.4 is 10.5 Å². The Morgan fingerprint density at radius 3 is 2.43 bits per heavy atom. The van der Waals surface area contributed by atoms with E-state index in [2.05, 4.69) is 11.8 Å². The number of rotatable bonds is 8. The third-order valence-corrected chi connectivity index (χ3v) is 3.75. The Labute approximate surface area is 139 Å². The van der Waals surface area contributed by atoms with Gasteiger partial charge in [-0.2, -0.15) is 0 Å². The Bertz CT molecular complexity index is 537. The van der Waals surface area contributed by atoms with E-state index in [1.807, 2.05) is 32.0 Å². The topological polar surface area (TPSA) is 75.7 Å². The van der Waals surface area contributed by atoms with Gasteiger partial charge in [0.15, 0.2) is 0 Å². The van der Waals surface area contributed by atoms with Gasteiger partial charge in [0.25, 0.3) is 0 Å². The molecule has 128 valence electrons. The standard InChI is InChI=1S/C19H29NO3/c1-4-11-19(22,12-5-2)13-10-16-14-15(7-9-18(20)21)6-8-17(16)23-3/h6,8,14,18,21-22H,4-5,7,9,11-12,20H2,1-3H3. The zero-order valence-electron chi connectivity index (χ0n) is 14.4. The minimum Gasteiger partial charge on any atom is -0.495 e. The van der Waals surface area contributed by atoms with Crippen molar-refractivity contribution >= 4 is 0 Å². The van der Waals surface area contributed by atoms with E-state index in [4.69, 9.17) is 10.5 Å². The highest BCUT2D eigenvalue weighted by Gasteiger charge is 2.21. The smallest absolute Gasteiger partial charge is 0.134 e. The minimum absolute atomic E-state index is 0.495. The fourth-order valence-electron chi connectivity index (χ4n) is 2.58. The van der Waals surface area contributed by atoms with Gasteiger partial charge < -0.3 is 20.7 Å². The van der Waals surface area contributed by atoms with Crippen LogP contribution in [0.5, 0.6) is 5.75 Å². The van der Waals surface area contributed by atoms with Gasteiger partial charge >= 0.3 is 0 Å². The Balaban J connectivity index is 3.05. The molecule has 0 aromatic heterocycles. The van der Waals surface area contributed by atoms with Gasteiger partial charge in [-0.1, -0.05) is 44.6 Å². The van der Waals surface area contributed by atoms with E-state index in [-0.39, 0.29) is 0 Å². The van der Waals surface area contributed by atoms with Crippen LogP contribution in [0.2, 0.25) is 0 Å². The average Bonchev–Trinajstić information content (AvgIpc) is 2.51. The van der Waals surface area contributed by atoms with E-state index in [9.17, 15) is 10.2 Å². The largest absolute Gasteiger partial charge is 0.495 e. The van der Waals surface area contributed by atoms with Crippen LogP contribution in [0, 0.1) is 11.8 Å². The minimum atomic E-state index is -0.946. The van der Waals surface area contributed by atoms with Crippen LogP contribution in [0.1, 0.15) is 57.1 Å². The van der Waals surface area contributed by atoms with E-state index in [1.165, 1.54) is 0 Å². The van der Waals surface area contributed by atoms with Crippen LogP contribution in [0.25, 0.3) is 0 Å². The molecule has 1 atom stereocenters. The Hall–Kier alpha value is -1.54. The third kappa shape index (κ3) is 6.62. The summed E-state index contributed by atoms with van der Waals surface area (Å²) < 4.78 is 5.35. The lowest BCUT2D eigenvalue weighted by Crippen LogP contribution is -2.25. The number of aliphatic hydroxyl groups is 2. The number of nitrogens with two attached hydrogens (primary N) is 1. The molecule has 0 bridgehead atoms. The van der Waals surface area contributed by atoms with Crippen molar-refractivity contribution in [2.24, 2.45) is 5.73 Å². The fourth-order valence-corrected chi connectivity index (χ4v) is 2.58. The molecule has 0 saturated heterocycles. The van der Waals surface area contributed by atoms with E-state index >= 15 is 0 Å². The Morgan fingerprint density at radius 1 is 1.26 bits per heavy atom. The molecule has 4 nitrogen and oxygen atoms in total. The average molecular weight is 319 g/mol. The zero-order valence-corrected chi connectivity index (χ0v) is 14.4. The molecule has 1 aromatic carbocycles. The van der Waals surface area contributed by atoms with E-state index in [0.717, 1.165) is 24.0 Å². The van der Waals surface area contributed by atoms with Crippen molar-refractivity contribution in [1.82, 2.24) is 0 Å².